The molecule has 1 aliphatic rings. The molecule has 1 aromatic carbocycles. The lowest BCUT2D eigenvalue weighted by molar-refractivity contribution is -0.137. The van der Waals surface area contributed by atoms with Crippen LogP contribution in [0.3, 0.4) is 0 Å². The minimum Gasteiger partial charge on any atom is -0.491 e. The number of likely N-dealkylation sites (tertiary alicyclic amines) is 1. The maximum Gasteiger partial charge on any atom is 0.416 e. The Morgan fingerprint density at radius 1 is 1.36 bits per heavy atom. The minimum atomic E-state index is -4.42. The zero-order valence-corrected chi connectivity index (χ0v) is 14.2. The highest BCUT2D eigenvalue weighted by Gasteiger charge is 2.30. The second-order valence-corrected chi connectivity index (χ2v) is 5.88. The van der Waals surface area contributed by atoms with Crippen LogP contribution in [0.2, 0.25) is 0 Å². The fraction of sp³-hybridized carbons (Fsp3) is 0.588. The molecule has 0 aromatic heterocycles. The quantitative estimate of drug-likeness (QED) is 0.605. The molecule has 8 heteroatoms. The molecule has 0 saturated carbocycles. The maximum atomic E-state index is 12.7. The van der Waals surface area contributed by atoms with Crippen molar-refractivity contribution in [3.63, 3.8) is 0 Å². The third-order valence-electron chi connectivity index (χ3n) is 3.80. The number of aliphatic imine (C=N–C) groups is 1. The molecule has 0 amide bonds. The number of hydrogen-bond donors (Lipinski definition) is 2. The summed E-state index contributed by atoms with van der Waals surface area (Å²) in [6.07, 6.45) is -3.08. The van der Waals surface area contributed by atoms with Crippen molar-refractivity contribution in [2.24, 2.45) is 4.99 Å². The lowest BCUT2D eigenvalue weighted by Crippen LogP contribution is -2.40. The molecule has 0 aliphatic carbocycles. The number of halogens is 3. The van der Waals surface area contributed by atoms with Gasteiger partial charge in [0.05, 0.1) is 12.1 Å². The van der Waals surface area contributed by atoms with Gasteiger partial charge in [0.2, 0.25) is 0 Å². The van der Waals surface area contributed by atoms with Crippen LogP contribution < -0.4 is 10.1 Å². The van der Waals surface area contributed by atoms with Crippen LogP contribution >= 0.6 is 0 Å². The van der Waals surface area contributed by atoms with Crippen molar-refractivity contribution in [1.29, 1.82) is 0 Å². The Balaban J connectivity index is 1.87. The minimum absolute atomic E-state index is 0.0734. The van der Waals surface area contributed by atoms with Gasteiger partial charge in [0.25, 0.3) is 0 Å². The van der Waals surface area contributed by atoms with Crippen LogP contribution in [0.1, 0.15) is 25.3 Å². The molecule has 2 N–H and O–H groups in total. The summed E-state index contributed by atoms with van der Waals surface area (Å²) in [6.45, 7) is 4.57. The van der Waals surface area contributed by atoms with Crippen molar-refractivity contribution >= 4 is 5.96 Å². The average Bonchev–Trinajstić information content (AvgIpc) is 3.10. The second-order valence-electron chi connectivity index (χ2n) is 5.88. The summed E-state index contributed by atoms with van der Waals surface area (Å²) in [5, 5.41) is 13.2. The molecule has 2 rings (SSSR count). The standard InChI is InChI=1S/C17H24F3N3O2/c1-2-21-16(23-8-3-4-9-23)22-11-14(24)12-25-15-7-5-6-13(10-15)17(18,19)20/h5-7,10,14,24H,2-4,8-9,11-12H2,1H3,(H,21,22). The molecular formula is C17H24F3N3O2. The van der Waals surface area contributed by atoms with Gasteiger partial charge in [-0.15, -0.1) is 0 Å². The van der Waals surface area contributed by atoms with E-state index in [0.29, 0.717) is 0 Å². The summed E-state index contributed by atoms with van der Waals surface area (Å²) in [7, 11) is 0. The first-order valence-electron chi connectivity index (χ1n) is 8.41. The number of aliphatic hydroxyl groups excluding tert-OH is 1. The van der Waals surface area contributed by atoms with Crippen LogP contribution in [0, 0.1) is 0 Å². The average molecular weight is 359 g/mol. The van der Waals surface area contributed by atoms with Crippen LogP contribution in [0.15, 0.2) is 29.3 Å². The van der Waals surface area contributed by atoms with E-state index in [1.54, 1.807) is 0 Å². The summed E-state index contributed by atoms with van der Waals surface area (Å²) in [5.41, 5.74) is -0.777. The molecule has 0 bridgehead atoms. The first-order chi connectivity index (χ1) is 11.9. The Hall–Kier alpha value is -1.96. The largest absolute Gasteiger partial charge is 0.491 e. The molecule has 1 heterocycles. The van der Waals surface area contributed by atoms with Crippen molar-refractivity contribution in [3.05, 3.63) is 29.8 Å². The highest BCUT2D eigenvalue weighted by molar-refractivity contribution is 5.80. The van der Waals surface area contributed by atoms with Gasteiger partial charge in [-0.3, -0.25) is 4.99 Å². The van der Waals surface area contributed by atoms with Gasteiger partial charge in [-0.2, -0.15) is 13.2 Å². The van der Waals surface area contributed by atoms with Gasteiger partial charge in [-0.25, -0.2) is 0 Å². The second kappa shape index (κ2) is 8.94. The molecule has 1 atom stereocenters. The number of ether oxygens (including phenoxy) is 1. The van der Waals surface area contributed by atoms with Crippen molar-refractivity contribution in [2.75, 3.05) is 32.8 Å². The highest BCUT2D eigenvalue weighted by Crippen LogP contribution is 2.31. The summed E-state index contributed by atoms with van der Waals surface area (Å²) in [6, 6.07) is 4.61. The number of nitrogens with one attached hydrogen (secondary N) is 1. The third-order valence-corrected chi connectivity index (χ3v) is 3.80. The van der Waals surface area contributed by atoms with E-state index < -0.39 is 17.8 Å². The van der Waals surface area contributed by atoms with E-state index in [4.69, 9.17) is 4.74 Å². The lowest BCUT2D eigenvalue weighted by Gasteiger charge is -2.21. The first kappa shape index (κ1) is 19.4. The van der Waals surface area contributed by atoms with Gasteiger partial charge < -0.3 is 20.1 Å². The summed E-state index contributed by atoms with van der Waals surface area (Å²) >= 11 is 0. The molecule has 25 heavy (non-hydrogen) atoms. The fourth-order valence-corrected chi connectivity index (χ4v) is 2.55. The van der Waals surface area contributed by atoms with Gasteiger partial charge in [0.1, 0.15) is 18.5 Å². The third kappa shape index (κ3) is 6.12. The van der Waals surface area contributed by atoms with Gasteiger partial charge in [-0.1, -0.05) is 6.07 Å². The van der Waals surface area contributed by atoms with Gasteiger partial charge in [0, 0.05) is 19.6 Å². The van der Waals surface area contributed by atoms with E-state index in [2.05, 4.69) is 15.2 Å². The monoisotopic (exact) mass is 359 g/mol. The number of guanidine groups is 1. The van der Waals surface area contributed by atoms with Crippen molar-refractivity contribution < 1.29 is 23.0 Å². The smallest absolute Gasteiger partial charge is 0.416 e. The Morgan fingerprint density at radius 2 is 2.08 bits per heavy atom. The molecule has 0 spiro atoms. The highest BCUT2D eigenvalue weighted by atomic mass is 19.4. The maximum absolute atomic E-state index is 12.7. The van der Waals surface area contributed by atoms with Gasteiger partial charge in [-0.05, 0) is 38.0 Å². The molecule has 5 nitrogen and oxygen atoms in total. The molecule has 1 aliphatic heterocycles. The van der Waals surface area contributed by atoms with Crippen LogP contribution in [-0.2, 0) is 6.18 Å². The van der Waals surface area contributed by atoms with E-state index in [1.807, 2.05) is 6.92 Å². The van der Waals surface area contributed by atoms with Gasteiger partial charge >= 0.3 is 6.18 Å². The predicted molar refractivity (Wildman–Crippen MR) is 89.7 cm³/mol. The first-order valence-corrected chi connectivity index (χ1v) is 8.41. The van der Waals surface area contributed by atoms with Crippen LogP contribution in [0.25, 0.3) is 0 Å². The molecule has 1 unspecified atom stereocenters. The van der Waals surface area contributed by atoms with E-state index in [-0.39, 0.29) is 18.9 Å². The van der Waals surface area contributed by atoms with E-state index in [9.17, 15) is 18.3 Å². The number of rotatable bonds is 6. The predicted octanol–water partition coefficient (Wildman–Crippen LogP) is 2.51. The lowest BCUT2D eigenvalue weighted by atomic mass is 10.2. The number of hydrogen-bond acceptors (Lipinski definition) is 3. The van der Waals surface area contributed by atoms with Crippen molar-refractivity contribution in [3.8, 4) is 5.75 Å². The number of nitrogens with zero attached hydrogens (tertiary/aromatic N) is 2. The van der Waals surface area contributed by atoms with Crippen LogP contribution in [0.5, 0.6) is 5.75 Å². The van der Waals surface area contributed by atoms with Crippen LogP contribution in [0.4, 0.5) is 13.2 Å². The number of alkyl halides is 3. The number of benzene rings is 1. The van der Waals surface area contributed by atoms with E-state index >= 15 is 0 Å². The van der Waals surface area contributed by atoms with Crippen molar-refractivity contribution in [2.45, 2.75) is 32.0 Å². The molecular weight excluding hydrogens is 335 g/mol. The Kier molecular flexibility index (Phi) is 6.92. The van der Waals surface area contributed by atoms with Gasteiger partial charge in [0.15, 0.2) is 5.96 Å². The molecule has 1 fully saturated rings. The van der Waals surface area contributed by atoms with E-state index in [0.717, 1.165) is 50.6 Å². The zero-order valence-electron chi connectivity index (χ0n) is 14.2. The summed E-state index contributed by atoms with van der Waals surface area (Å²) < 4.78 is 43.3. The molecule has 1 aromatic rings. The van der Waals surface area contributed by atoms with Crippen molar-refractivity contribution in [1.82, 2.24) is 10.2 Å². The van der Waals surface area contributed by atoms with Crippen LogP contribution in [-0.4, -0.2) is 54.9 Å². The Morgan fingerprint density at radius 3 is 2.72 bits per heavy atom. The number of aliphatic hydroxyl groups is 1. The Bertz CT molecular complexity index is 573. The molecule has 140 valence electrons. The SMILES string of the molecule is CCNC(=NCC(O)COc1cccc(C(F)(F)F)c1)N1CCCC1. The summed E-state index contributed by atoms with van der Waals surface area (Å²) in [4.78, 5) is 6.51. The summed E-state index contributed by atoms with van der Waals surface area (Å²) in [5.74, 6) is 0.822. The molecule has 0 radical (unpaired) electrons. The normalized spacial score (nSPS) is 16.8. The van der Waals surface area contributed by atoms with E-state index in [1.165, 1.54) is 12.1 Å². The molecule has 1 saturated heterocycles. The topological polar surface area (TPSA) is 57.1 Å². The zero-order chi connectivity index (χ0) is 18.3. The Labute approximate surface area is 145 Å². The fourth-order valence-electron chi connectivity index (χ4n) is 2.55.